The Morgan fingerprint density at radius 2 is 2.00 bits per heavy atom. The molecule has 2 aliphatic rings. The number of ether oxygens (including phenoxy) is 3. The molecule has 8 nitrogen and oxygen atoms in total. The van der Waals surface area contributed by atoms with E-state index in [1.165, 1.54) is 30.9 Å². The van der Waals surface area contributed by atoms with Crippen molar-refractivity contribution in [3.8, 4) is 5.75 Å². The van der Waals surface area contributed by atoms with E-state index in [4.69, 9.17) is 14.2 Å². The molecule has 0 aliphatic carbocycles. The molecule has 1 N–H and O–H groups in total. The van der Waals surface area contributed by atoms with Gasteiger partial charge in [-0.25, -0.2) is 4.79 Å². The molecule has 1 aromatic rings. The topological polar surface area (TPSA) is 94.2 Å². The largest absolute Gasteiger partial charge is 0.484 e. The number of thioether (sulfide) groups is 1. The summed E-state index contributed by atoms with van der Waals surface area (Å²) >= 11 is 1.46. The predicted molar refractivity (Wildman–Crippen MR) is 98.2 cm³/mol. The van der Waals surface area contributed by atoms with Crippen molar-refractivity contribution in [2.24, 2.45) is 0 Å². The highest BCUT2D eigenvalue weighted by Gasteiger charge is 2.62. The second kappa shape index (κ2) is 7.77. The fourth-order valence-corrected chi connectivity index (χ4v) is 4.76. The molecule has 3 unspecified atom stereocenters. The standard InChI is InChI=1S/C18H22N2O6S/c1-18(25-3)10-27-16-13(15(22)20(16)14(18)17(23)24-2)19-12(21)9-26-11-7-5-4-6-8-11/h4-8,13-14,16H,9-10H2,1-3H3,(H,19,21)/t13?,14?,16-,18?/m0/s1. The second-order valence-corrected chi connectivity index (χ2v) is 7.64. The van der Waals surface area contributed by atoms with E-state index in [1.807, 2.05) is 6.07 Å². The minimum Gasteiger partial charge on any atom is -0.484 e. The lowest BCUT2D eigenvalue weighted by Crippen LogP contribution is -2.79. The molecule has 2 aliphatic heterocycles. The van der Waals surface area contributed by atoms with Crippen LogP contribution in [-0.2, 0) is 23.9 Å². The van der Waals surface area contributed by atoms with Gasteiger partial charge in [-0.3, -0.25) is 9.59 Å². The minimum atomic E-state index is -0.852. The third kappa shape index (κ3) is 3.61. The Hall–Kier alpha value is -2.26. The van der Waals surface area contributed by atoms with Gasteiger partial charge in [0.25, 0.3) is 5.91 Å². The Morgan fingerprint density at radius 3 is 2.63 bits per heavy atom. The molecule has 1 aromatic carbocycles. The normalized spacial score (nSPS) is 29.4. The van der Waals surface area contributed by atoms with E-state index in [-0.39, 0.29) is 17.9 Å². The van der Waals surface area contributed by atoms with Crippen LogP contribution in [0.3, 0.4) is 0 Å². The fourth-order valence-electron chi connectivity index (χ4n) is 3.22. The number of hydrogen-bond acceptors (Lipinski definition) is 7. The summed E-state index contributed by atoms with van der Waals surface area (Å²) in [5, 5.41) is 2.35. The first-order chi connectivity index (χ1) is 12.9. The number of rotatable bonds is 6. The number of hydrogen-bond donors (Lipinski definition) is 1. The zero-order valence-electron chi connectivity index (χ0n) is 15.3. The number of benzene rings is 1. The van der Waals surface area contributed by atoms with Crippen LogP contribution in [-0.4, -0.2) is 72.3 Å². The van der Waals surface area contributed by atoms with E-state index in [9.17, 15) is 14.4 Å². The van der Waals surface area contributed by atoms with Gasteiger partial charge in [-0.2, -0.15) is 0 Å². The number of amides is 2. The SMILES string of the molecule is COC(=O)C1N2C(=O)C(NC(=O)COc3ccccc3)[C@@H]2SCC1(C)OC. The molecule has 2 fully saturated rings. The molecule has 0 radical (unpaired) electrons. The predicted octanol–water partition coefficient (Wildman–Crippen LogP) is 0.412. The van der Waals surface area contributed by atoms with Gasteiger partial charge >= 0.3 is 5.97 Å². The van der Waals surface area contributed by atoms with Crippen LogP contribution in [0.15, 0.2) is 30.3 Å². The van der Waals surface area contributed by atoms with Gasteiger partial charge in [-0.05, 0) is 19.1 Å². The van der Waals surface area contributed by atoms with Crippen LogP contribution in [0.5, 0.6) is 5.75 Å². The number of β-lactam (4-membered cyclic amide) rings is 1. The molecule has 0 aromatic heterocycles. The molecule has 9 heteroatoms. The number of carbonyl (C=O) groups excluding carboxylic acids is 3. The monoisotopic (exact) mass is 394 g/mol. The summed E-state index contributed by atoms with van der Waals surface area (Å²) in [6.07, 6.45) is 0. The summed E-state index contributed by atoms with van der Waals surface area (Å²) < 4.78 is 15.8. The van der Waals surface area contributed by atoms with Crippen molar-refractivity contribution in [1.29, 1.82) is 0 Å². The van der Waals surface area contributed by atoms with Gasteiger partial charge in [0.05, 0.1) is 7.11 Å². The summed E-state index contributed by atoms with van der Waals surface area (Å²) in [7, 11) is 2.78. The van der Waals surface area contributed by atoms with Crippen LogP contribution in [0.4, 0.5) is 0 Å². The van der Waals surface area contributed by atoms with Gasteiger partial charge in [0.1, 0.15) is 22.8 Å². The van der Waals surface area contributed by atoms with Gasteiger partial charge in [-0.1, -0.05) is 18.2 Å². The van der Waals surface area contributed by atoms with Crippen molar-refractivity contribution in [3.63, 3.8) is 0 Å². The van der Waals surface area contributed by atoms with Crippen molar-refractivity contribution in [1.82, 2.24) is 10.2 Å². The maximum Gasteiger partial charge on any atom is 0.331 e. The van der Waals surface area contributed by atoms with E-state index in [2.05, 4.69) is 5.32 Å². The number of carbonyl (C=O) groups is 3. The van der Waals surface area contributed by atoms with Gasteiger partial charge in [0, 0.05) is 12.9 Å². The molecule has 0 spiro atoms. The maximum absolute atomic E-state index is 12.6. The third-order valence-electron chi connectivity index (χ3n) is 4.80. The first-order valence-electron chi connectivity index (χ1n) is 8.45. The zero-order chi connectivity index (χ0) is 19.6. The van der Waals surface area contributed by atoms with E-state index in [0.717, 1.165) is 0 Å². The summed E-state index contributed by atoms with van der Waals surface area (Å²) in [4.78, 5) is 38.5. The number of nitrogens with one attached hydrogen (secondary N) is 1. The number of esters is 1. The first kappa shape index (κ1) is 19.5. The highest BCUT2D eigenvalue weighted by molar-refractivity contribution is 8.00. The first-order valence-corrected chi connectivity index (χ1v) is 9.50. The van der Waals surface area contributed by atoms with Gasteiger partial charge < -0.3 is 24.4 Å². The number of methoxy groups -OCH3 is 2. The number of fused-ring (bicyclic) bond motifs is 1. The summed E-state index contributed by atoms with van der Waals surface area (Å²) in [6.45, 7) is 1.58. The summed E-state index contributed by atoms with van der Waals surface area (Å²) in [6, 6.07) is 7.40. The molecular weight excluding hydrogens is 372 g/mol. The summed E-state index contributed by atoms with van der Waals surface area (Å²) in [5.74, 6) is -0.200. The van der Waals surface area contributed by atoms with Crippen molar-refractivity contribution in [3.05, 3.63) is 30.3 Å². The fraction of sp³-hybridized carbons (Fsp3) is 0.500. The van der Waals surface area contributed by atoms with E-state index in [1.54, 1.807) is 31.2 Å². The second-order valence-electron chi connectivity index (χ2n) is 6.54. The highest BCUT2D eigenvalue weighted by Crippen LogP contribution is 2.43. The lowest BCUT2D eigenvalue weighted by molar-refractivity contribution is -0.178. The molecule has 146 valence electrons. The van der Waals surface area contributed by atoms with Crippen LogP contribution in [0.2, 0.25) is 0 Å². The molecule has 2 heterocycles. The Kier molecular flexibility index (Phi) is 5.61. The van der Waals surface area contributed by atoms with E-state index in [0.29, 0.717) is 11.5 Å². The summed E-state index contributed by atoms with van der Waals surface area (Å²) in [5.41, 5.74) is -0.852. The number of nitrogens with zero attached hydrogens (tertiary/aromatic N) is 1. The van der Waals surface area contributed by atoms with E-state index < -0.39 is 29.6 Å². The van der Waals surface area contributed by atoms with Crippen LogP contribution >= 0.6 is 11.8 Å². The molecule has 27 heavy (non-hydrogen) atoms. The third-order valence-corrected chi connectivity index (χ3v) is 6.38. The average molecular weight is 394 g/mol. The van der Waals surface area contributed by atoms with Gasteiger partial charge in [0.15, 0.2) is 12.6 Å². The van der Waals surface area contributed by atoms with Crippen LogP contribution in [0.25, 0.3) is 0 Å². The molecule has 3 rings (SSSR count). The lowest BCUT2D eigenvalue weighted by Gasteiger charge is -2.57. The van der Waals surface area contributed by atoms with E-state index >= 15 is 0 Å². The Morgan fingerprint density at radius 1 is 1.30 bits per heavy atom. The smallest absolute Gasteiger partial charge is 0.331 e. The maximum atomic E-state index is 12.6. The average Bonchev–Trinajstić information content (AvgIpc) is 2.70. The van der Waals surface area contributed by atoms with Crippen molar-refractivity contribution < 1.29 is 28.6 Å². The van der Waals surface area contributed by atoms with Crippen LogP contribution in [0, 0.1) is 0 Å². The van der Waals surface area contributed by atoms with Crippen molar-refractivity contribution in [2.75, 3.05) is 26.6 Å². The molecule has 0 saturated carbocycles. The molecule has 2 amide bonds. The number of para-hydroxylation sites is 1. The van der Waals surface area contributed by atoms with Crippen molar-refractivity contribution in [2.45, 2.75) is 30.0 Å². The quantitative estimate of drug-likeness (QED) is 0.552. The van der Waals surface area contributed by atoms with Crippen LogP contribution in [0.1, 0.15) is 6.92 Å². The zero-order valence-corrected chi connectivity index (χ0v) is 16.2. The Labute approximate surface area is 161 Å². The van der Waals surface area contributed by atoms with Gasteiger partial charge in [-0.15, -0.1) is 11.8 Å². The Balaban J connectivity index is 1.63. The molecule has 4 atom stereocenters. The molecular formula is C18H22N2O6S. The molecule has 2 saturated heterocycles. The van der Waals surface area contributed by atoms with Crippen molar-refractivity contribution >= 4 is 29.5 Å². The van der Waals surface area contributed by atoms with Gasteiger partial charge in [0.2, 0.25) is 5.91 Å². The molecule has 0 bridgehead atoms. The Bertz CT molecular complexity index is 730. The minimum absolute atomic E-state index is 0.193. The van der Waals surface area contributed by atoms with Crippen LogP contribution < -0.4 is 10.1 Å². The highest BCUT2D eigenvalue weighted by atomic mass is 32.2. The lowest BCUT2D eigenvalue weighted by atomic mass is 9.91.